The van der Waals surface area contributed by atoms with E-state index in [-0.39, 0.29) is 11.8 Å². The highest BCUT2D eigenvalue weighted by Gasteiger charge is 2.45. The lowest BCUT2D eigenvalue weighted by atomic mass is 9.79. The molecule has 0 aliphatic carbocycles. The Balaban J connectivity index is 1.53. The molecule has 36 heavy (non-hydrogen) atoms. The third kappa shape index (κ3) is 4.10. The maximum Gasteiger partial charge on any atom is 0.254 e. The van der Waals surface area contributed by atoms with Gasteiger partial charge in [-0.05, 0) is 41.5 Å². The summed E-state index contributed by atoms with van der Waals surface area (Å²) in [4.78, 5) is 42.1. The van der Waals surface area contributed by atoms with E-state index >= 15 is 0 Å². The van der Waals surface area contributed by atoms with Gasteiger partial charge >= 0.3 is 0 Å². The summed E-state index contributed by atoms with van der Waals surface area (Å²) in [7, 11) is 4.82. The van der Waals surface area contributed by atoms with Crippen molar-refractivity contribution in [3.05, 3.63) is 77.7 Å². The minimum absolute atomic E-state index is 0.0302. The largest absolute Gasteiger partial charge is 0.493 e. The van der Waals surface area contributed by atoms with Gasteiger partial charge in [-0.1, -0.05) is 12.1 Å². The number of hydrogen-bond donors (Lipinski definition) is 0. The zero-order chi connectivity index (χ0) is 25.2. The highest BCUT2D eigenvalue weighted by Crippen LogP contribution is 2.46. The Morgan fingerprint density at radius 2 is 1.72 bits per heavy atom. The fourth-order valence-electron chi connectivity index (χ4n) is 5.18. The van der Waals surface area contributed by atoms with Crippen LogP contribution in [-0.4, -0.2) is 79.0 Å². The number of benzene rings is 1. The molecule has 2 unspecified atom stereocenters. The van der Waals surface area contributed by atoms with Crippen LogP contribution in [0.25, 0.3) is 0 Å². The summed E-state index contributed by atoms with van der Waals surface area (Å²) in [5.41, 5.74) is 1.89. The second kappa shape index (κ2) is 9.85. The number of carbonyl (C=O) groups excluding carboxylic acids is 2. The van der Waals surface area contributed by atoms with Gasteiger partial charge in [0.05, 0.1) is 26.2 Å². The summed E-state index contributed by atoms with van der Waals surface area (Å²) in [6.07, 6.45) is 5.18. The number of methoxy groups -OCH3 is 2. The Kier molecular flexibility index (Phi) is 6.45. The minimum atomic E-state index is -0.617. The predicted octanol–water partition coefficient (Wildman–Crippen LogP) is 2.75. The molecule has 0 N–H and O–H groups in total. The van der Waals surface area contributed by atoms with Gasteiger partial charge in [-0.3, -0.25) is 14.6 Å². The number of nitrogens with zero attached hydrogens (tertiary/aromatic N) is 5. The second-order valence-corrected chi connectivity index (χ2v) is 8.92. The van der Waals surface area contributed by atoms with Gasteiger partial charge in [-0.15, -0.1) is 0 Å². The first-order valence-corrected chi connectivity index (χ1v) is 11.9. The van der Waals surface area contributed by atoms with E-state index in [9.17, 15) is 9.59 Å². The topological polar surface area (TPSA) is 88.1 Å². The maximum atomic E-state index is 14.2. The number of pyridine rings is 2. The van der Waals surface area contributed by atoms with E-state index in [1.165, 1.54) is 7.11 Å². The van der Waals surface area contributed by atoms with Crippen molar-refractivity contribution < 1.29 is 19.1 Å². The van der Waals surface area contributed by atoms with Crippen LogP contribution in [0.3, 0.4) is 0 Å². The van der Waals surface area contributed by atoms with Crippen LogP contribution in [0, 0.1) is 0 Å². The molecule has 0 radical (unpaired) electrons. The van der Waals surface area contributed by atoms with Crippen LogP contribution in [0.5, 0.6) is 11.5 Å². The number of fused-ring (bicyclic) bond motifs is 1. The van der Waals surface area contributed by atoms with Crippen LogP contribution in [0.4, 0.5) is 5.82 Å². The Hall–Kier alpha value is -4.14. The molecule has 4 heterocycles. The van der Waals surface area contributed by atoms with Crippen molar-refractivity contribution >= 4 is 17.6 Å². The Bertz CT molecular complexity index is 1250. The normalized spacial score (nSPS) is 19.6. The van der Waals surface area contributed by atoms with Crippen molar-refractivity contribution in [1.29, 1.82) is 0 Å². The van der Waals surface area contributed by atoms with Crippen LogP contribution in [-0.2, 0) is 4.79 Å². The molecule has 1 saturated heterocycles. The summed E-state index contributed by atoms with van der Waals surface area (Å²) in [5.74, 6) is 1.02. The first kappa shape index (κ1) is 23.6. The zero-order valence-electron chi connectivity index (χ0n) is 20.6. The third-order valence-electron chi connectivity index (χ3n) is 7.03. The average molecular weight is 488 g/mol. The monoisotopic (exact) mass is 487 g/mol. The highest BCUT2D eigenvalue weighted by molar-refractivity contribution is 6.02. The Morgan fingerprint density at radius 3 is 2.36 bits per heavy atom. The lowest BCUT2D eigenvalue weighted by Crippen LogP contribution is -2.53. The third-order valence-corrected chi connectivity index (χ3v) is 7.03. The summed E-state index contributed by atoms with van der Waals surface area (Å²) in [6, 6.07) is 12.5. The number of carbonyl (C=O) groups is 2. The average Bonchev–Trinajstić information content (AvgIpc) is 2.94. The molecule has 2 aliphatic rings. The minimum Gasteiger partial charge on any atom is -0.493 e. The fraction of sp³-hybridized carbons (Fsp3) is 0.333. The number of rotatable bonds is 5. The summed E-state index contributed by atoms with van der Waals surface area (Å²) in [6.45, 7) is 2.49. The second-order valence-electron chi connectivity index (χ2n) is 8.92. The van der Waals surface area contributed by atoms with Crippen molar-refractivity contribution in [3.8, 4) is 11.5 Å². The number of piperazine rings is 1. The Morgan fingerprint density at radius 1 is 0.972 bits per heavy atom. The van der Waals surface area contributed by atoms with E-state index in [2.05, 4.69) is 14.9 Å². The number of hydrogen-bond acceptors (Lipinski definition) is 7. The maximum absolute atomic E-state index is 14.2. The molecular formula is C27H29N5O4. The predicted molar refractivity (Wildman–Crippen MR) is 134 cm³/mol. The summed E-state index contributed by atoms with van der Waals surface area (Å²) in [5, 5.41) is 0. The molecular weight excluding hydrogens is 458 g/mol. The van der Waals surface area contributed by atoms with Crippen LogP contribution in [0.1, 0.15) is 33.4 Å². The smallest absolute Gasteiger partial charge is 0.254 e. The van der Waals surface area contributed by atoms with Gasteiger partial charge < -0.3 is 24.2 Å². The van der Waals surface area contributed by atoms with E-state index in [0.29, 0.717) is 48.8 Å². The lowest BCUT2D eigenvalue weighted by Gasteiger charge is -2.43. The molecule has 186 valence electrons. The summed E-state index contributed by atoms with van der Waals surface area (Å²) >= 11 is 0. The van der Waals surface area contributed by atoms with E-state index in [0.717, 1.165) is 11.4 Å². The number of anilines is 1. The van der Waals surface area contributed by atoms with Crippen molar-refractivity contribution in [2.75, 3.05) is 52.3 Å². The quantitative estimate of drug-likeness (QED) is 0.547. The Labute approximate surface area is 210 Å². The molecule has 0 saturated carbocycles. The number of likely N-dealkylation sites (N-methyl/N-ethyl adjacent to an activating group) is 1. The van der Waals surface area contributed by atoms with Crippen molar-refractivity contribution in [3.63, 3.8) is 0 Å². The molecule has 1 fully saturated rings. The molecule has 0 bridgehead atoms. The van der Waals surface area contributed by atoms with Crippen LogP contribution < -0.4 is 14.4 Å². The molecule has 2 aliphatic heterocycles. The van der Waals surface area contributed by atoms with Gasteiger partial charge in [0.2, 0.25) is 5.91 Å². The standard InChI is InChI=1S/C27H29N5O4/c1-30-25(18-7-6-9-28-17-18)24(19-15-21(35-2)22(36-3)16-20(19)26(30)33)27(34)32-13-11-31(12-14-32)23-8-4-5-10-29-23/h4-10,15-17,24-25H,11-14H2,1-3H3. The number of ether oxygens (including phenoxy) is 2. The summed E-state index contributed by atoms with van der Waals surface area (Å²) < 4.78 is 11.0. The van der Waals surface area contributed by atoms with Crippen molar-refractivity contribution in [2.45, 2.75) is 12.0 Å². The molecule has 5 rings (SSSR count). The van der Waals surface area contributed by atoms with Gasteiger partial charge in [-0.2, -0.15) is 0 Å². The van der Waals surface area contributed by atoms with Crippen molar-refractivity contribution in [2.24, 2.45) is 0 Å². The first-order chi connectivity index (χ1) is 17.5. The van der Waals surface area contributed by atoms with Crippen LogP contribution in [0.15, 0.2) is 61.1 Å². The van der Waals surface area contributed by atoms with E-state index in [1.807, 2.05) is 35.2 Å². The number of amides is 2. The fourth-order valence-corrected chi connectivity index (χ4v) is 5.18. The molecule has 2 amide bonds. The van der Waals surface area contributed by atoms with Crippen LogP contribution in [0.2, 0.25) is 0 Å². The van der Waals surface area contributed by atoms with Gasteiger partial charge in [0.15, 0.2) is 11.5 Å². The molecule has 0 spiro atoms. The van der Waals surface area contributed by atoms with Gasteiger partial charge in [0.25, 0.3) is 5.91 Å². The van der Waals surface area contributed by atoms with Crippen molar-refractivity contribution in [1.82, 2.24) is 19.8 Å². The molecule has 9 nitrogen and oxygen atoms in total. The first-order valence-electron chi connectivity index (χ1n) is 11.9. The lowest BCUT2D eigenvalue weighted by molar-refractivity contribution is -0.134. The molecule has 3 aromatic rings. The van der Waals surface area contributed by atoms with E-state index < -0.39 is 12.0 Å². The molecule has 2 aromatic heterocycles. The van der Waals surface area contributed by atoms with Gasteiger partial charge in [0.1, 0.15) is 5.82 Å². The SMILES string of the molecule is COc1cc2c(cc1OC)C(C(=O)N1CCN(c3ccccn3)CC1)C(c1cccnc1)N(C)C2=O. The molecule has 1 aromatic carbocycles. The van der Waals surface area contributed by atoms with Gasteiger partial charge in [-0.25, -0.2) is 4.98 Å². The molecule has 2 atom stereocenters. The highest BCUT2D eigenvalue weighted by atomic mass is 16.5. The van der Waals surface area contributed by atoms with Gasteiger partial charge in [0, 0.05) is 57.4 Å². The zero-order valence-corrected chi connectivity index (χ0v) is 20.6. The molecule has 9 heteroatoms. The number of aromatic nitrogens is 2. The van der Waals surface area contributed by atoms with Crippen LogP contribution >= 0.6 is 0 Å². The van der Waals surface area contributed by atoms with E-state index in [1.54, 1.807) is 49.8 Å². The van der Waals surface area contributed by atoms with E-state index in [4.69, 9.17) is 9.47 Å².